The van der Waals surface area contributed by atoms with Gasteiger partial charge < -0.3 is 4.90 Å². The quantitative estimate of drug-likeness (QED) is 0.693. The van der Waals surface area contributed by atoms with E-state index in [0.29, 0.717) is 11.6 Å². The largest absolute Gasteiger partial charge is 0.303 e. The Balaban J connectivity index is 1.68. The summed E-state index contributed by atoms with van der Waals surface area (Å²) in [6.45, 7) is 8.87. The van der Waals surface area contributed by atoms with Crippen LogP contribution in [0.5, 0.6) is 0 Å². The fourth-order valence-electron chi connectivity index (χ4n) is 2.14. The monoisotopic (exact) mass is 236 g/mol. The van der Waals surface area contributed by atoms with Gasteiger partial charge in [-0.3, -0.25) is 9.48 Å². The molecule has 0 aromatic carbocycles. The fourth-order valence-corrected chi connectivity index (χ4v) is 2.14. The van der Waals surface area contributed by atoms with E-state index in [1.807, 2.05) is 0 Å². The Morgan fingerprint density at radius 1 is 1.53 bits per heavy atom. The lowest BCUT2D eigenvalue weighted by atomic mass is 9.99. The molecule has 5 heteroatoms. The van der Waals surface area contributed by atoms with Gasteiger partial charge in [-0.25, -0.2) is 0 Å². The highest BCUT2D eigenvalue weighted by atomic mass is 16.1. The molecule has 1 aliphatic heterocycles. The van der Waals surface area contributed by atoms with Gasteiger partial charge in [0.2, 0.25) is 0 Å². The molecule has 0 bridgehead atoms. The maximum atomic E-state index is 10.5. The maximum Gasteiger partial charge on any atom is 0.171 e. The highest BCUT2D eigenvalue weighted by Crippen LogP contribution is 2.18. The lowest BCUT2D eigenvalue weighted by Gasteiger charge is -2.39. The van der Waals surface area contributed by atoms with Crippen LogP contribution in [0.2, 0.25) is 0 Å². The van der Waals surface area contributed by atoms with Crippen LogP contribution in [0.3, 0.4) is 0 Å². The van der Waals surface area contributed by atoms with E-state index in [4.69, 9.17) is 0 Å². The van der Waals surface area contributed by atoms with Crippen molar-refractivity contribution in [3.05, 3.63) is 11.9 Å². The van der Waals surface area contributed by atoms with Crippen molar-refractivity contribution in [1.29, 1.82) is 0 Å². The van der Waals surface area contributed by atoms with Crippen LogP contribution in [-0.2, 0) is 6.54 Å². The molecule has 1 saturated heterocycles. The predicted molar refractivity (Wildman–Crippen MR) is 64.8 cm³/mol. The van der Waals surface area contributed by atoms with Crippen LogP contribution >= 0.6 is 0 Å². The summed E-state index contributed by atoms with van der Waals surface area (Å²) >= 11 is 0. The summed E-state index contributed by atoms with van der Waals surface area (Å²) in [5.41, 5.74) is 0.418. The summed E-state index contributed by atoms with van der Waals surface area (Å²) in [6, 6.07) is 0. The first kappa shape index (κ1) is 12.2. The molecule has 5 nitrogen and oxygen atoms in total. The molecular formula is C12H20N4O. The summed E-state index contributed by atoms with van der Waals surface area (Å²) in [7, 11) is 0. The normalized spacial score (nSPS) is 17.4. The minimum atomic E-state index is 0.418. The van der Waals surface area contributed by atoms with E-state index < -0.39 is 0 Å². The lowest BCUT2D eigenvalue weighted by Crippen LogP contribution is -2.48. The number of likely N-dealkylation sites (tertiary alicyclic amines) is 1. The van der Waals surface area contributed by atoms with Crippen molar-refractivity contribution in [3.8, 4) is 0 Å². The Morgan fingerprint density at radius 3 is 2.88 bits per heavy atom. The molecule has 0 unspecified atom stereocenters. The average Bonchev–Trinajstić information content (AvgIpc) is 2.68. The first-order valence-corrected chi connectivity index (χ1v) is 6.25. The lowest BCUT2D eigenvalue weighted by molar-refractivity contribution is 0.0801. The summed E-state index contributed by atoms with van der Waals surface area (Å²) in [5, 5.41) is 7.68. The second-order valence-electron chi connectivity index (χ2n) is 5.29. The van der Waals surface area contributed by atoms with E-state index in [1.165, 1.54) is 13.0 Å². The van der Waals surface area contributed by atoms with Crippen molar-refractivity contribution in [2.24, 2.45) is 11.8 Å². The third-order valence-electron chi connectivity index (χ3n) is 3.18. The van der Waals surface area contributed by atoms with Gasteiger partial charge in [0.1, 0.15) is 5.69 Å². The molecule has 1 aliphatic rings. The molecule has 1 aromatic rings. The molecule has 2 heterocycles. The fraction of sp³-hybridized carbons (Fsp3) is 0.750. The molecule has 0 atom stereocenters. The van der Waals surface area contributed by atoms with Crippen LogP contribution in [0.4, 0.5) is 0 Å². The minimum Gasteiger partial charge on any atom is -0.303 e. The van der Waals surface area contributed by atoms with Gasteiger partial charge in [0.25, 0.3) is 0 Å². The Kier molecular flexibility index (Phi) is 3.89. The van der Waals surface area contributed by atoms with Crippen molar-refractivity contribution in [3.63, 3.8) is 0 Å². The van der Waals surface area contributed by atoms with Crippen molar-refractivity contribution in [2.45, 2.75) is 26.8 Å². The van der Waals surface area contributed by atoms with Gasteiger partial charge in [-0.2, -0.15) is 0 Å². The van der Waals surface area contributed by atoms with Gasteiger partial charge >= 0.3 is 0 Å². The standard InChI is InChI=1S/C12H20N4O/c1-10(2)3-4-15-5-11(6-15)7-16-8-12(9-17)13-14-16/h8-11H,3-7H2,1-2H3. The molecule has 94 valence electrons. The number of aromatic nitrogens is 3. The molecular weight excluding hydrogens is 216 g/mol. The SMILES string of the molecule is CC(C)CCN1CC(Cn2cc(C=O)nn2)C1. The predicted octanol–water partition coefficient (Wildman–Crippen LogP) is 1.07. The van der Waals surface area contributed by atoms with Crippen LogP contribution in [0, 0.1) is 11.8 Å². The van der Waals surface area contributed by atoms with Gasteiger partial charge in [0, 0.05) is 25.6 Å². The summed E-state index contributed by atoms with van der Waals surface area (Å²) in [6.07, 6.45) is 3.72. The Hall–Kier alpha value is -1.23. The van der Waals surface area contributed by atoms with E-state index in [9.17, 15) is 4.79 Å². The van der Waals surface area contributed by atoms with E-state index in [0.717, 1.165) is 31.8 Å². The molecule has 0 N–H and O–H groups in total. The van der Waals surface area contributed by atoms with Gasteiger partial charge in [-0.1, -0.05) is 19.1 Å². The van der Waals surface area contributed by atoms with Gasteiger partial charge in [-0.05, 0) is 18.9 Å². The summed E-state index contributed by atoms with van der Waals surface area (Å²) in [5.74, 6) is 1.43. The smallest absolute Gasteiger partial charge is 0.171 e. The number of rotatable bonds is 6. The van der Waals surface area contributed by atoms with Gasteiger partial charge in [0.05, 0.1) is 6.20 Å². The number of aldehydes is 1. The van der Waals surface area contributed by atoms with Crippen LogP contribution in [-0.4, -0.2) is 45.8 Å². The Bertz CT molecular complexity index is 368. The van der Waals surface area contributed by atoms with Gasteiger partial charge in [0.15, 0.2) is 6.29 Å². The Morgan fingerprint density at radius 2 is 2.29 bits per heavy atom. The van der Waals surface area contributed by atoms with E-state index in [1.54, 1.807) is 10.9 Å². The molecule has 1 fully saturated rings. The first-order valence-electron chi connectivity index (χ1n) is 6.25. The Labute approximate surface area is 102 Å². The van der Waals surface area contributed by atoms with Gasteiger partial charge in [-0.15, -0.1) is 5.10 Å². The topological polar surface area (TPSA) is 51.0 Å². The minimum absolute atomic E-state index is 0.418. The second-order valence-corrected chi connectivity index (χ2v) is 5.29. The van der Waals surface area contributed by atoms with Crippen LogP contribution in [0.25, 0.3) is 0 Å². The van der Waals surface area contributed by atoms with Crippen molar-refractivity contribution in [2.75, 3.05) is 19.6 Å². The highest BCUT2D eigenvalue weighted by molar-refractivity contribution is 5.70. The molecule has 2 rings (SSSR count). The number of carbonyl (C=O) groups is 1. The highest BCUT2D eigenvalue weighted by Gasteiger charge is 2.26. The number of carbonyl (C=O) groups excluding carboxylic acids is 1. The summed E-state index contributed by atoms with van der Waals surface area (Å²) < 4.78 is 1.77. The zero-order chi connectivity index (χ0) is 12.3. The number of hydrogen-bond acceptors (Lipinski definition) is 4. The number of hydrogen-bond donors (Lipinski definition) is 0. The van der Waals surface area contributed by atoms with Crippen molar-refractivity contribution >= 4 is 6.29 Å². The zero-order valence-electron chi connectivity index (χ0n) is 10.5. The van der Waals surface area contributed by atoms with E-state index >= 15 is 0 Å². The molecule has 0 spiro atoms. The van der Waals surface area contributed by atoms with Crippen molar-refractivity contribution < 1.29 is 4.79 Å². The molecule has 17 heavy (non-hydrogen) atoms. The molecule has 0 amide bonds. The van der Waals surface area contributed by atoms with Crippen molar-refractivity contribution in [1.82, 2.24) is 19.9 Å². The first-order chi connectivity index (χ1) is 8.17. The third-order valence-corrected chi connectivity index (χ3v) is 3.18. The van der Waals surface area contributed by atoms with Crippen LogP contribution in [0.15, 0.2) is 6.20 Å². The summed E-state index contributed by atoms with van der Waals surface area (Å²) in [4.78, 5) is 12.9. The average molecular weight is 236 g/mol. The van der Waals surface area contributed by atoms with E-state index in [2.05, 4.69) is 29.1 Å². The molecule has 1 aromatic heterocycles. The molecule has 0 saturated carbocycles. The van der Waals surface area contributed by atoms with E-state index in [-0.39, 0.29) is 0 Å². The molecule has 0 radical (unpaired) electrons. The third kappa shape index (κ3) is 3.36. The number of nitrogens with zero attached hydrogens (tertiary/aromatic N) is 4. The second kappa shape index (κ2) is 5.40. The zero-order valence-corrected chi connectivity index (χ0v) is 10.5. The van der Waals surface area contributed by atoms with Crippen LogP contribution in [0.1, 0.15) is 30.8 Å². The molecule has 0 aliphatic carbocycles. The van der Waals surface area contributed by atoms with Crippen LogP contribution < -0.4 is 0 Å². The maximum absolute atomic E-state index is 10.5.